The van der Waals surface area contributed by atoms with E-state index in [2.05, 4.69) is 36.1 Å². The Morgan fingerprint density at radius 3 is 2.67 bits per heavy atom. The van der Waals surface area contributed by atoms with Crippen LogP contribution in [0.5, 0.6) is 0 Å². The first-order valence-corrected chi connectivity index (χ1v) is 5.47. The molecule has 1 fully saturated rings. The summed E-state index contributed by atoms with van der Waals surface area (Å²) in [4.78, 5) is 8.65. The molecule has 2 rings (SSSR count). The Labute approximate surface area is 90.3 Å². The standard InChI is InChI=1S/C11H18N4/c1-6(2)11-14-9(12)5-10(15-11)13-8-4-7(8)3/h5-8H,4H2,1-3H3,(H3,12,13,14,15). The van der Waals surface area contributed by atoms with E-state index in [1.165, 1.54) is 6.42 Å². The number of aromatic nitrogens is 2. The second kappa shape index (κ2) is 3.68. The van der Waals surface area contributed by atoms with Crippen molar-refractivity contribution in [3.8, 4) is 0 Å². The Hall–Kier alpha value is -1.32. The van der Waals surface area contributed by atoms with E-state index in [1.807, 2.05) is 0 Å². The molecule has 0 bridgehead atoms. The number of anilines is 2. The minimum atomic E-state index is 0.311. The molecule has 1 heterocycles. The number of rotatable bonds is 3. The van der Waals surface area contributed by atoms with Gasteiger partial charge in [-0.3, -0.25) is 0 Å². The van der Waals surface area contributed by atoms with Gasteiger partial charge < -0.3 is 11.1 Å². The van der Waals surface area contributed by atoms with Crippen LogP contribution in [0.3, 0.4) is 0 Å². The smallest absolute Gasteiger partial charge is 0.135 e. The lowest BCUT2D eigenvalue weighted by molar-refractivity contribution is 0.775. The molecule has 0 spiro atoms. The fourth-order valence-corrected chi connectivity index (χ4v) is 1.53. The summed E-state index contributed by atoms with van der Waals surface area (Å²) >= 11 is 0. The first-order chi connectivity index (χ1) is 7.06. The third kappa shape index (κ3) is 2.37. The Balaban J connectivity index is 2.16. The van der Waals surface area contributed by atoms with Crippen LogP contribution in [0.15, 0.2) is 6.07 Å². The van der Waals surface area contributed by atoms with E-state index in [1.54, 1.807) is 6.07 Å². The molecule has 1 aromatic heterocycles. The van der Waals surface area contributed by atoms with Gasteiger partial charge in [-0.2, -0.15) is 0 Å². The third-order valence-electron chi connectivity index (χ3n) is 2.72. The van der Waals surface area contributed by atoms with Crippen LogP contribution in [-0.4, -0.2) is 16.0 Å². The maximum Gasteiger partial charge on any atom is 0.135 e. The predicted molar refractivity (Wildman–Crippen MR) is 61.7 cm³/mol. The zero-order valence-corrected chi connectivity index (χ0v) is 9.49. The molecule has 2 atom stereocenters. The lowest BCUT2D eigenvalue weighted by Crippen LogP contribution is -2.09. The van der Waals surface area contributed by atoms with Crippen molar-refractivity contribution in [3.63, 3.8) is 0 Å². The molecule has 2 unspecified atom stereocenters. The molecule has 0 radical (unpaired) electrons. The van der Waals surface area contributed by atoms with Gasteiger partial charge in [-0.05, 0) is 12.3 Å². The van der Waals surface area contributed by atoms with Gasteiger partial charge in [0.1, 0.15) is 17.5 Å². The van der Waals surface area contributed by atoms with E-state index in [9.17, 15) is 0 Å². The number of nitrogen functional groups attached to an aromatic ring is 1. The van der Waals surface area contributed by atoms with Crippen molar-refractivity contribution in [2.24, 2.45) is 5.92 Å². The lowest BCUT2D eigenvalue weighted by Gasteiger charge is -2.09. The number of nitrogens with two attached hydrogens (primary N) is 1. The van der Waals surface area contributed by atoms with E-state index in [-0.39, 0.29) is 0 Å². The van der Waals surface area contributed by atoms with Crippen molar-refractivity contribution in [3.05, 3.63) is 11.9 Å². The zero-order valence-electron chi connectivity index (χ0n) is 9.49. The molecule has 3 N–H and O–H groups in total. The van der Waals surface area contributed by atoms with E-state index >= 15 is 0 Å². The van der Waals surface area contributed by atoms with Gasteiger partial charge in [-0.15, -0.1) is 0 Å². The Kier molecular flexibility index (Phi) is 2.50. The average Bonchev–Trinajstić information content (AvgIpc) is 2.80. The van der Waals surface area contributed by atoms with Crippen LogP contribution in [0.1, 0.15) is 38.9 Å². The molecule has 0 aliphatic heterocycles. The minimum absolute atomic E-state index is 0.311. The fraction of sp³-hybridized carbons (Fsp3) is 0.636. The number of hydrogen-bond acceptors (Lipinski definition) is 4. The summed E-state index contributed by atoms with van der Waals surface area (Å²) in [6.45, 7) is 6.36. The van der Waals surface area contributed by atoms with Crippen molar-refractivity contribution in [1.29, 1.82) is 0 Å². The monoisotopic (exact) mass is 206 g/mol. The quantitative estimate of drug-likeness (QED) is 0.794. The molecule has 4 nitrogen and oxygen atoms in total. The number of hydrogen-bond donors (Lipinski definition) is 2. The SMILES string of the molecule is CC(C)c1nc(N)cc(NC2CC2C)n1. The molecule has 0 saturated heterocycles. The van der Waals surface area contributed by atoms with Gasteiger partial charge in [0.25, 0.3) is 0 Å². The minimum Gasteiger partial charge on any atom is -0.384 e. The topological polar surface area (TPSA) is 63.8 Å². The summed E-state index contributed by atoms with van der Waals surface area (Å²) in [6.07, 6.45) is 1.22. The van der Waals surface area contributed by atoms with Crippen LogP contribution in [0.25, 0.3) is 0 Å². The summed E-state index contributed by atoms with van der Waals surface area (Å²) in [5.41, 5.74) is 5.74. The molecule has 1 saturated carbocycles. The second-order valence-electron chi connectivity index (χ2n) is 4.65. The predicted octanol–water partition coefficient (Wildman–Crippen LogP) is 2.00. The van der Waals surface area contributed by atoms with Crippen LogP contribution in [-0.2, 0) is 0 Å². The first kappa shape index (κ1) is 10.2. The highest BCUT2D eigenvalue weighted by Gasteiger charge is 2.32. The van der Waals surface area contributed by atoms with Crippen molar-refractivity contribution < 1.29 is 0 Å². The van der Waals surface area contributed by atoms with Gasteiger partial charge in [0, 0.05) is 18.0 Å². The van der Waals surface area contributed by atoms with Crippen molar-refractivity contribution >= 4 is 11.6 Å². The van der Waals surface area contributed by atoms with Gasteiger partial charge in [-0.1, -0.05) is 20.8 Å². The molecule has 1 aliphatic rings. The molecular formula is C11H18N4. The summed E-state index contributed by atoms with van der Waals surface area (Å²) in [5, 5.41) is 3.37. The zero-order chi connectivity index (χ0) is 11.0. The molecule has 15 heavy (non-hydrogen) atoms. The molecule has 4 heteroatoms. The molecule has 1 aromatic rings. The maximum atomic E-state index is 5.74. The summed E-state index contributed by atoms with van der Waals surface area (Å²) in [7, 11) is 0. The second-order valence-corrected chi connectivity index (χ2v) is 4.65. The first-order valence-electron chi connectivity index (χ1n) is 5.47. The highest BCUT2D eigenvalue weighted by molar-refractivity contribution is 5.46. The van der Waals surface area contributed by atoms with Gasteiger partial charge >= 0.3 is 0 Å². The number of nitrogens with zero attached hydrogens (tertiary/aromatic N) is 2. The van der Waals surface area contributed by atoms with Crippen molar-refractivity contribution in [2.45, 2.75) is 39.2 Å². The van der Waals surface area contributed by atoms with Gasteiger partial charge in [0.05, 0.1) is 0 Å². The Morgan fingerprint density at radius 1 is 1.47 bits per heavy atom. The van der Waals surface area contributed by atoms with Crippen LogP contribution >= 0.6 is 0 Å². The van der Waals surface area contributed by atoms with Crippen LogP contribution < -0.4 is 11.1 Å². The van der Waals surface area contributed by atoms with E-state index in [0.717, 1.165) is 17.6 Å². The van der Waals surface area contributed by atoms with Gasteiger partial charge in [-0.25, -0.2) is 9.97 Å². The Bertz CT molecular complexity index is 362. The average molecular weight is 206 g/mol. The largest absolute Gasteiger partial charge is 0.384 e. The molecule has 0 amide bonds. The normalized spacial score (nSPS) is 24.3. The molecular weight excluding hydrogens is 188 g/mol. The van der Waals surface area contributed by atoms with Gasteiger partial charge in [0.15, 0.2) is 0 Å². The highest BCUT2D eigenvalue weighted by Crippen LogP contribution is 2.32. The third-order valence-corrected chi connectivity index (χ3v) is 2.72. The molecule has 82 valence electrons. The van der Waals surface area contributed by atoms with Crippen LogP contribution in [0, 0.1) is 5.92 Å². The van der Waals surface area contributed by atoms with Crippen LogP contribution in [0.4, 0.5) is 11.6 Å². The van der Waals surface area contributed by atoms with E-state index in [4.69, 9.17) is 5.73 Å². The molecule has 0 aromatic carbocycles. The van der Waals surface area contributed by atoms with Crippen molar-refractivity contribution in [1.82, 2.24) is 9.97 Å². The maximum absolute atomic E-state index is 5.74. The fourth-order valence-electron chi connectivity index (χ4n) is 1.53. The van der Waals surface area contributed by atoms with Crippen LogP contribution in [0.2, 0.25) is 0 Å². The number of nitrogens with one attached hydrogen (secondary N) is 1. The van der Waals surface area contributed by atoms with Crippen molar-refractivity contribution in [2.75, 3.05) is 11.1 Å². The summed E-state index contributed by atoms with van der Waals surface area (Å²) in [6, 6.07) is 2.37. The molecule has 1 aliphatic carbocycles. The Morgan fingerprint density at radius 2 is 2.13 bits per heavy atom. The lowest BCUT2D eigenvalue weighted by atomic mass is 10.2. The van der Waals surface area contributed by atoms with E-state index < -0.39 is 0 Å². The summed E-state index contributed by atoms with van der Waals surface area (Å²) in [5.74, 6) is 3.28. The van der Waals surface area contributed by atoms with E-state index in [0.29, 0.717) is 17.8 Å². The summed E-state index contributed by atoms with van der Waals surface area (Å²) < 4.78 is 0. The van der Waals surface area contributed by atoms with Gasteiger partial charge in [0.2, 0.25) is 0 Å². The highest BCUT2D eigenvalue weighted by atomic mass is 15.1.